The zero-order chi connectivity index (χ0) is 14.0. The highest BCUT2D eigenvalue weighted by molar-refractivity contribution is 6.34. The Morgan fingerprint density at radius 2 is 2.00 bits per heavy atom. The van der Waals surface area contributed by atoms with Gasteiger partial charge < -0.3 is 15.2 Å². The van der Waals surface area contributed by atoms with Gasteiger partial charge in [0, 0.05) is 18.4 Å². The van der Waals surface area contributed by atoms with E-state index in [0.717, 1.165) is 12.8 Å². The van der Waals surface area contributed by atoms with Crippen LogP contribution in [0.1, 0.15) is 32.3 Å². The minimum atomic E-state index is -0.0372. The molecule has 1 aliphatic heterocycles. The number of ether oxygens (including phenoxy) is 2. The van der Waals surface area contributed by atoms with Crippen molar-refractivity contribution in [3.05, 3.63) is 28.8 Å². The predicted molar refractivity (Wildman–Crippen MR) is 76.1 cm³/mol. The van der Waals surface area contributed by atoms with Gasteiger partial charge >= 0.3 is 0 Å². The first-order valence-corrected chi connectivity index (χ1v) is 6.79. The molecule has 1 saturated heterocycles. The van der Waals surface area contributed by atoms with Crippen LogP contribution in [-0.4, -0.2) is 24.1 Å². The van der Waals surface area contributed by atoms with Crippen molar-refractivity contribution < 1.29 is 9.47 Å². The highest BCUT2D eigenvalue weighted by Gasteiger charge is 2.25. The van der Waals surface area contributed by atoms with Gasteiger partial charge in [-0.1, -0.05) is 11.6 Å². The van der Waals surface area contributed by atoms with Crippen LogP contribution in [0.3, 0.4) is 0 Å². The third kappa shape index (κ3) is 3.61. The van der Waals surface area contributed by atoms with Crippen LogP contribution in [0.25, 0.3) is 0 Å². The summed E-state index contributed by atoms with van der Waals surface area (Å²) in [5.74, 6) is 0.672. The fourth-order valence-electron chi connectivity index (χ4n) is 2.42. The summed E-state index contributed by atoms with van der Waals surface area (Å²) >= 11 is 6.07. The number of hydrogen-bond donors (Lipinski definition) is 2. The van der Waals surface area contributed by atoms with E-state index in [4.69, 9.17) is 32.2 Å². The second kappa shape index (κ2) is 5.80. The molecule has 0 aliphatic carbocycles. The summed E-state index contributed by atoms with van der Waals surface area (Å²) < 4.78 is 11.6. The molecule has 0 saturated carbocycles. The van der Waals surface area contributed by atoms with Crippen LogP contribution in [0.2, 0.25) is 5.02 Å². The minimum absolute atomic E-state index is 0.0372. The molecule has 1 aromatic rings. The van der Waals surface area contributed by atoms with E-state index in [9.17, 15) is 0 Å². The number of nitrogens with two attached hydrogens (primary N) is 1. The molecule has 0 bridgehead atoms. The lowest BCUT2D eigenvalue weighted by Gasteiger charge is -2.32. The van der Waals surface area contributed by atoms with Crippen molar-refractivity contribution in [3.8, 4) is 5.75 Å². The Kier molecular flexibility index (Phi) is 4.32. The molecular weight excluding hydrogens is 264 g/mol. The molecule has 1 fully saturated rings. The van der Waals surface area contributed by atoms with Crippen molar-refractivity contribution in [2.45, 2.75) is 45.0 Å². The highest BCUT2D eigenvalue weighted by Crippen LogP contribution is 2.27. The van der Waals surface area contributed by atoms with Crippen molar-refractivity contribution >= 4 is 17.4 Å². The molecule has 2 atom stereocenters. The normalized spacial score (nSPS) is 27.0. The first-order chi connectivity index (χ1) is 8.95. The first-order valence-electron chi connectivity index (χ1n) is 6.41. The molecule has 1 heterocycles. The summed E-state index contributed by atoms with van der Waals surface area (Å²) in [6.07, 6.45) is 2.30. The van der Waals surface area contributed by atoms with Crippen molar-refractivity contribution in [2.24, 2.45) is 5.73 Å². The number of benzene rings is 1. The van der Waals surface area contributed by atoms with Crippen LogP contribution in [-0.2, 0) is 4.74 Å². The number of hydrogen-bond acceptors (Lipinski definition) is 3. The molecular formula is C14H19ClN2O2. The summed E-state index contributed by atoms with van der Waals surface area (Å²) in [6, 6.07) is 5.22. The van der Waals surface area contributed by atoms with Gasteiger partial charge in [0.2, 0.25) is 0 Å². The Balaban J connectivity index is 2.07. The number of amidine groups is 1. The molecule has 19 heavy (non-hydrogen) atoms. The van der Waals surface area contributed by atoms with E-state index in [-0.39, 0.29) is 24.1 Å². The van der Waals surface area contributed by atoms with E-state index < -0.39 is 0 Å². The fraction of sp³-hybridized carbons (Fsp3) is 0.500. The predicted octanol–water partition coefficient (Wildman–Crippen LogP) is 2.96. The van der Waals surface area contributed by atoms with E-state index in [1.54, 1.807) is 18.2 Å². The smallest absolute Gasteiger partial charge is 0.124 e. The van der Waals surface area contributed by atoms with Gasteiger partial charge in [-0.2, -0.15) is 0 Å². The van der Waals surface area contributed by atoms with Crippen LogP contribution >= 0.6 is 11.6 Å². The molecule has 1 aromatic carbocycles. The van der Waals surface area contributed by atoms with E-state index >= 15 is 0 Å². The van der Waals surface area contributed by atoms with E-state index in [1.807, 2.05) is 0 Å². The topological polar surface area (TPSA) is 68.3 Å². The molecule has 5 heteroatoms. The Morgan fingerprint density at radius 1 is 1.37 bits per heavy atom. The van der Waals surface area contributed by atoms with Crippen molar-refractivity contribution in [3.63, 3.8) is 0 Å². The Hall–Kier alpha value is -1.26. The summed E-state index contributed by atoms with van der Waals surface area (Å²) in [4.78, 5) is 0. The van der Waals surface area contributed by atoms with E-state index in [2.05, 4.69) is 13.8 Å². The largest absolute Gasteiger partial charge is 0.490 e. The minimum Gasteiger partial charge on any atom is -0.490 e. The zero-order valence-corrected chi connectivity index (χ0v) is 11.9. The zero-order valence-electron chi connectivity index (χ0n) is 11.2. The van der Waals surface area contributed by atoms with Gasteiger partial charge in [0.1, 0.15) is 17.7 Å². The Labute approximate surface area is 118 Å². The maximum Gasteiger partial charge on any atom is 0.124 e. The third-order valence-corrected chi connectivity index (χ3v) is 3.50. The number of nitrogens with one attached hydrogen (secondary N) is 1. The maximum absolute atomic E-state index is 7.39. The average Bonchev–Trinajstić information content (AvgIpc) is 2.26. The molecule has 104 valence electrons. The average molecular weight is 283 g/mol. The van der Waals surface area contributed by atoms with Gasteiger partial charge in [0.15, 0.2) is 0 Å². The molecule has 4 nitrogen and oxygen atoms in total. The van der Waals surface area contributed by atoms with Crippen molar-refractivity contribution in [1.82, 2.24) is 0 Å². The van der Waals surface area contributed by atoms with Crippen LogP contribution < -0.4 is 10.5 Å². The molecule has 0 spiro atoms. The number of nitrogen functional groups attached to an aromatic ring is 1. The monoisotopic (exact) mass is 282 g/mol. The molecule has 0 aromatic heterocycles. The van der Waals surface area contributed by atoms with Gasteiger partial charge in [-0.3, -0.25) is 5.41 Å². The second-order valence-electron chi connectivity index (χ2n) is 5.02. The summed E-state index contributed by atoms with van der Waals surface area (Å²) in [5.41, 5.74) is 5.96. The molecule has 1 aliphatic rings. The SMILES string of the molecule is CC1CC(Oc2ccc(C(=N)N)c(Cl)c2)CC(C)O1. The van der Waals surface area contributed by atoms with Gasteiger partial charge in [-0.05, 0) is 32.0 Å². The molecule has 2 rings (SSSR count). The lowest BCUT2D eigenvalue weighted by atomic mass is 10.0. The van der Waals surface area contributed by atoms with E-state index in [0.29, 0.717) is 16.3 Å². The molecule has 0 amide bonds. The van der Waals surface area contributed by atoms with Gasteiger partial charge in [0.25, 0.3) is 0 Å². The Morgan fingerprint density at radius 3 is 2.53 bits per heavy atom. The van der Waals surface area contributed by atoms with Crippen LogP contribution in [0.15, 0.2) is 18.2 Å². The van der Waals surface area contributed by atoms with Crippen LogP contribution in [0, 0.1) is 5.41 Å². The van der Waals surface area contributed by atoms with Crippen LogP contribution in [0.4, 0.5) is 0 Å². The number of rotatable bonds is 3. The van der Waals surface area contributed by atoms with E-state index in [1.165, 1.54) is 0 Å². The lowest BCUT2D eigenvalue weighted by molar-refractivity contribution is -0.0721. The summed E-state index contributed by atoms with van der Waals surface area (Å²) in [7, 11) is 0. The van der Waals surface area contributed by atoms with Gasteiger partial charge in [-0.25, -0.2) is 0 Å². The highest BCUT2D eigenvalue weighted by atomic mass is 35.5. The fourth-order valence-corrected chi connectivity index (χ4v) is 2.69. The van der Waals surface area contributed by atoms with Crippen molar-refractivity contribution in [1.29, 1.82) is 5.41 Å². The molecule has 2 unspecified atom stereocenters. The van der Waals surface area contributed by atoms with Gasteiger partial charge in [-0.15, -0.1) is 0 Å². The van der Waals surface area contributed by atoms with Crippen LogP contribution in [0.5, 0.6) is 5.75 Å². The second-order valence-corrected chi connectivity index (χ2v) is 5.43. The standard InChI is InChI=1S/C14H19ClN2O2/c1-8-5-11(6-9(2)18-8)19-10-3-4-12(14(16)17)13(15)7-10/h3-4,7-9,11H,5-6H2,1-2H3,(H3,16,17). The van der Waals surface area contributed by atoms with Crippen molar-refractivity contribution in [2.75, 3.05) is 0 Å². The Bertz CT molecular complexity index is 469. The van der Waals surface area contributed by atoms with Gasteiger partial charge in [0.05, 0.1) is 17.2 Å². The summed E-state index contributed by atoms with van der Waals surface area (Å²) in [6.45, 7) is 4.11. The quantitative estimate of drug-likeness (QED) is 0.661. The molecule has 3 N–H and O–H groups in total. The molecule has 0 radical (unpaired) electrons. The maximum atomic E-state index is 7.39. The number of halogens is 1. The summed E-state index contributed by atoms with van der Waals surface area (Å²) in [5, 5.41) is 7.83. The third-order valence-electron chi connectivity index (χ3n) is 3.19. The first kappa shape index (κ1) is 14.2. The lowest BCUT2D eigenvalue weighted by Crippen LogP contribution is -2.35.